The van der Waals surface area contributed by atoms with Gasteiger partial charge in [-0.15, -0.1) is 11.3 Å². The highest BCUT2D eigenvalue weighted by molar-refractivity contribution is 7.13. The first-order chi connectivity index (χ1) is 27.3. The molecule has 1 aromatic heterocycles. The number of Topliss-reactive ketones (excluding diaryl/α,β-unsaturated/α-hetero) is 1. The van der Waals surface area contributed by atoms with Crippen molar-refractivity contribution in [3.05, 3.63) is 70.9 Å². The van der Waals surface area contributed by atoms with Gasteiger partial charge in [0, 0.05) is 32.1 Å². The number of ether oxygens (including phenoxy) is 2. The molecule has 4 N–H and O–H groups in total. The number of carbonyl (C=O) groups excluding carboxylic acids is 4. The third kappa shape index (κ3) is 11.9. The monoisotopic (exact) mass is 819 g/mol. The van der Waals surface area contributed by atoms with E-state index < -0.39 is 53.2 Å². The number of nitrogens with zero attached hydrogens (tertiary/aromatic N) is 3. The fraction of sp³-hybridized carbons (Fsp3) is 0.535. The van der Waals surface area contributed by atoms with E-state index >= 15 is 0 Å². The number of carboxylic acids is 1. The first-order valence-corrected chi connectivity index (χ1v) is 20.7. The van der Waals surface area contributed by atoms with Gasteiger partial charge in [-0.1, -0.05) is 45.0 Å². The number of amides is 3. The largest absolute Gasteiger partial charge is 0.494 e. The van der Waals surface area contributed by atoms with Crippen LogP contribution < -0.4 is 15.4 Å². The normalized spacial score (nSPS) is 19.6. The Kier molecular flexibility index (Phi) is 14.4. The highest BCUT2D eigenvalue weighted by Crippen LogP contribution is 2.39. The molecule has 0 spiro atoms. The van der Waals surface area contributed by atoms with E-state index in [0.717, 1.165) is 21.7 Å². The van der Waals surface area contributed by atoms with Gasteiger partial charge >= 0.3 is 12.1 Å². The van der Waals surface area contributed by atoms with Gasteiger partial charge in [-0.25, -0.2) is 14.6 Å². The maximum atomic E-state index is 14.4. The van der Waals surface area contributed by atoms with Crippen LogP contribution in [0.1, 0.15) is 88.8 Å². The molecule has 0 saturated carbocycles. The summed E-state index contributed by atoms with van der Waals surface area (Å²) < 4.78 is 11.4. The number of thiazole rings is 1. The van der Waals surface area contributed by atoms with Crippen LogP contribution in [0.2, 0.25) is 0 Å². The van der Waals surface area contributed by atoms with Crippen LogP contribution in [0, 0.1) is 18.3 Å². The van der Waals surface area contributed by atoms with E-state index in [4.69, 9.17) is 14.6 Å². The van der Waals surface area contributed by atoms with Crippen LogP contribution >= 0.6 is 11.3 Å². The minimum Gasteiger partial charge on any atom is -0.494 e. The number of ketones is 1. The average Bonchev–Trinajstić information content (AvgIpc) is 3.63. The van der Waals surface area contributed by atoms with Gasteiger partial charge in [-0.3, -0.25) is 14.4 Å². The second kappa shape index (κ2) is 18.8. The second-order valence-electron chi connectivity index (χ2n) is 17.2. The van der Waals surface area contributed by atoms with Gasteiger partial charge in [0.15, 0.2) is 5.78 Å². The second-order valence-corrected chi connectivity index (χ2v) is 18.1. The molecule has 0 aliphatic carbocycles. The number of aliphatic hydroxyl groups excluding tert-OH is 1. The fourth-order valence-electron chi connectivity index (χ4n) is 7.25. The maximum Gasteiger partial charge on any atom is 0.410 e. The van der Waals surface area contributed by atoms with Crippen LogP contribution in [0.25, 0.3) is 10.4 Å². The van der Waals surface area contributed by atoms with E-state index in [2.05, 4.69) is 15.6 Å². The molecule has 15 heteroatoms. The molecule has 0 radical (unpaired) electrons. The molecule has 58 heavy (non-hydrogen) atoms. The number of carboxylic acid groups (broad SMARTS) is 1. The molecule has 2 aliphatic rings. The Balaban J connectivity index is 1.16. The van der Waals surface area contributed by atoms with Crippen molar-refractivity contribution in [3.8, 4) is 16.2 Å². The predicted octanol–water partition coefficient (Wildman–Crippen LogP) is 5.45. The van der Waals surface area contributed by atoms with Gasteiger partial charge in [-0.2, -0.15) is 0 Å². The van der Waals surface area contributed by atoms with Crippen LogP contribution in [0.3, 0.4) is 0 Å². The summed E-state index contributed by atoms with van der Waals surface area (Å²) in [6.45, 7) is 13.7. The lowest BCUT2D eigenvalue weighted by atomic mass is 9.76. The first-order valence-electron chi connectivity index (χ1n) is 19.8. The molecule has 14 nitrogen and oxygen atoms in total. The Hall–Kier alpha value is -4.86. The van der Waals surface area contributed by atoms with Gasteiger partial charge in [0.25, 0.3) is 0 Å². The lowest BCUT2D eigenvalue weighted by Crippen LogP contribution is -2.51. The Morgan fingerprint density at radius 1 is 1.00 bits per heavy atom. The van der Waals surface area contributed by atoms with Gasteiger partial charge in [0.2, 0.25) is 11.8 Å². The first kappa shape index (κ1) is 44.2. The van der Waals surface area contributed by atoms with Crippen molar-refractivity contribution in [2.75, 3.05) is 26.2 Å². The Labute approximate surface area is 344 Å². The number of benzene rings is 2. The van der Waals surface area contributed by atoms with Crippen LogP contribution in [-0.2, 0) is 25.7 Å². The van der Waals surface area contributed by atoms with E-state index in [-0.39, 0.29) is 55.8 Å². The van der Waals surface area contributed by atoms with Crippen LogP contribution in [0.5, 0.6) is 5.75 Å². The van der Waals surface area contributed by atoms with Crippen LogP contribution in [0.15, 0.2) is 54.0 Å². The third-order valence-electron chi connectivity index (χ3n) is 10.3. The molecule has 2 fully saturated rings. The minimum atomic E-state index is -1.01. The number of aryl methyl sites for hydroxylation is 1. The molecule has 3 amide bonds. The Bertz CT molecular complexity index is 1920. The number of aromatic nitrogens is 1. The number of carbonyl (C=O) groups is 5. The summed E-state index contributed by atoms with van der Waals surface area (Å²) in [5.41, 5.74) is 3.50. The average molecular weight is 820 g/mol. The Morgan fingerprint density at radius 3 is 2.29 bits per heavy atom. The zero-order chi connectivity index (χ0) is 42.4. The van der Waals surface area contributed by atoms with Crippen molar-refractivity contribution in [2.45, 2.75) is 111 Å². The zero-order valence-corrected chi connectivity index (χ0v) is 35.3. The number of rotatable bonds is 17. The van der Waals surface area contributed by atoms with Crippen molar-refractivity contribution in [1.82, 2.24) is 25.4 Å². The highest BCUT2D eigenvalue weighted by Gasteiger charge is 2.56. The summed E-state index contributed by atoms with van der Waals surface area (Å²) in [6, 6.07) is 12.0. The van der Waals surface area contributed by atoms with Crippen molar-refractivity contribution < 1.29 is 43.7 Å². The minimum absolute atomic E-state index is 0.00615. The van der Waals surface area contributed by atoms with E-state index in [0.29, 0.717) is 31.6 Å². The van der Waals surface area contributed by atoms with Crippen molar-refractivity contribution in [3.63, 3.8) is 0 Å². The van der Waals surface area contributed by atoms with Crippen molar-refractivity contribution >= 4 is 41.0 Å². The number of aromatic carboxylic acids is 1. The number of hydrogen-bond acceptors (Lipinski definition) is 11. The maximum absolute atomic E-state index is 14.4. The molecule has 2 aromatic carbocycles. The zero-order valence-electron chi connectivity index (χ0n) is 34.4. The van der Waals surface area contributed by atoms with Crippen molar-refractivity contribution in [2.24, 2.45) is 11.3 Å². The predicted molar refractivity (Wildman–Crippen MR) is 219 cm³/mol. The number of unbranched alkanes of at least 4 members (excludes halogenated alkanes) is 2. The van der Waals surface area contributed by atoms with Crippen molar-refractivity contribution in [1.29, 1.82) is 0 Å². The lowest BCUT2D eigenvalue weighted by molar-refractivity contribution is -0.144. The quantitative estimate of drug-likeness (QED) is 0.0998. The van der Waals surface area contributed by atoms with E-state index in [1.807, 2.05) is 57.5 Å². The lowest BCUT2D eigenvalue weighted by Gasteiger charge is -2.35. The van der Waals surface area contributed by atoms with Gasteiger partial charge in [-0.05, 0) is 87.8 Å². The topological polar surface area (TPSA) is 198 Å². The number of hydrogen-bond donors (Lipinski definition) is 4. The molecular weight excluding hydrogens is 763 g/mol. The molecule has 5 atom stereocenters. The summed E-state index contributed by atoms with van der Waals surface area (Å²) in [7, 11) is 0. The Morgan fingerprint density at radius 2 is 1.69 bits per heavy atom. The highest BCUT2D eigenvalue weighted by atomic mass is 32.1. The van der Waals surface area contributed by atoms with Crippen LogP contribution in [0.4, 0.5) is 4.79 Å². The molecule has 0 bridgehead atoms. The SMILES string of the molecule is Cc1ncsc1-c1ccc(CNC(=O)C2C[C@@H](O)CN2C(=O)C([C@H]2NC2C(=O)CN(CCCCCOc2ccc(C(=O)O)cc2)C(=O)OC(C)(C)C)C(C)(C)C)cc1. The standard InChI is InChI=1S/C43H57N5O9S/c1-26-37(58-25-45-26)28-13-11-27(12-14-28)22-44-38(51)32-21-30(49)23-48(32)39(52)34(42(2,3)4)36-35(46-36)33(50)24-47(41(55)57-43(5,6)7)19-9-8-10-20-56-31-17-15-29(16-18-31)40(53)54/h11-18,25,30,32,34-36,46,49H,8-10,19-24H2,1-7H3,(H,44,51)(H,53,54)/t30-,32?,34?,35?,36-/m1/s1. The number of nitrogens with one attached hydrogen (secondary N) is 2. The molecule has 2 aliphatic heterocycles. The molecule has 3 heterocycles. The summed E-state index contributed by atoms with van der Waals surface area (Å²) >= 11 is 1.57. The summed E-state index contributed by atoms with van der Waals surface area (Å²) in [5.74, 6) is -2.07. The van der Waals surface area contributed by atoms with E-state index in [9.17, 15) is 29.1 Å². The third-order valence-corrected chi connectivity index (χ3v) is 11.2. The summed E-state index contributed by atoms with van der Waals surface area (Å²) in [4.78, 5) is 74.3. The number of β-amino-alcohol motifs (C(OH)–C–C–N with tert-alkyl or cyclic N) is 1. The smallest absolute Gasteiger partial charge is 0.410 e. The molecular formula is C43H57N5O9S. The molecule has 3 unspecified atom stereocenters. The fourth-order valence-corrected chi connectivity index (χ4v) is 8.07. The summed E-state index contributed by atoms with van der Waals surface area (Å²) in [5, 5.41) is 25.9. The number of aliphatic hydroxyl groups is 1. The number of likely N-dealkylation sites (tertiary alicyclic amines) is 1. The van der Waals surface area contributed by atoms with Gasteiger partial charge in [0.1, 0.15) is 17.4 Å². The van der Waals surface area contributed by atoms with Crippen LogP contribution in [-0.4, -0.2) is 111 Å². The molecule has 5 rings (SSSR count). The van der Waals surface area contributed by atoms with Gasteiger partial charge < -0.3 is 40.1 Å². The van der Waals surface area contributed by atoms with Gasteiger partial charge in [0.05, 0.1) is 52.9 Å². The molecule has 2 saturated heterocycles. The van der Waals surface area contributed by atoms with E-state index in [1.54, 1.807) is 44.2 Å². The van der Waals surface area contributed by atoms with E-state index in [1.165, 1.54) is 21.9 Å². The molecule has 314 valence electrons. The summed E-state index contributed by atoms with van der Waals surface area (Å²) in [6.07, 6.45) is 0.575. The molecule has 3 aromatic rings.